The Kier molecular flexibility index (Phi) is 3.20. The van der Waals surface area contributed by atoms with Crippen LogP contribution >= 0.6 is 0 Å². The smallest absolute Gasteiger partial charge is 0.223 e. The highest BCUT2D eigenvalue weighted by Crippen LogP contribution is 2.60. The molecule has 2 nitrogen and oxygen atoms in total. The van der Waals surface area contributed by atoms with Crippen LogP contribution in [0.2, 0.25) is 0 Å². The van der Waals surface area contributed by atoms with E-state index in [1.165, 1.54) is 18.4 Å². The van der Waals surface area contributed by atoms with E-state index in [1.807, 2.05) is 0 Å². The number of carbonyl (C=O) groups is 1. The van der Waals surface area contributed by atoms with Gasteiger partial charge in [-0.15, -0.1) is 0 Å². The van der Waals surface area contributed by atoms with Gasteiger partial charge >= 0.3 is 0 Å². The molecule has 4 atom stereocenters. The molecule has 2 N–H and O–H groups in total. The third kappa shape index (κ3) is 2.49. The van der Waals surface area contributed by atoms with Gasteiger partial charge in [0.2, 0.25) is 5.91 Å². The summed E-state index contributed by atoms with van der Waals surface area (Å²) in [6.45, 7) is 6.84. The Balaban J connectivity index is 1.92. The number of rotatable bonds is 2. The highest BCUT2D eigenvalue weighted by Gasteiger charge is 2.53. The van der Waals surface area contributed by atoms with Crippen molar-refractivity contribution >= 4 is 5.91 Å². The predicted octanol–water partition coefficient (Wildman–Crippen LogP) is 4.04. The Morgan fingerprint density at radius 1 is 1.05 bits per heavy atom. The average molecular weight is 285 g/mol. The molecule has 3 unspecified atom stereocenters. The summed E-state index contributed by atoms with van der Waals surface area (Å²) >= 11 is 0. The third-order valence-corrected chi connectivity index (χ3v) is 5.96. The number of benzene rings is 1. The van der Waals surface area contributed by atoms with Gasteiger partial charge in [-0.3, -0.25) is 4.79 Å². The van der Waals surface area contributed by atoms with Crippen LogP contribution in [0.1, 0.15) is 58.4 Å². The van der Waals surface area contributed by atoms with Gasteiger partial charge in [0, 0.05) is 5.41 Å². The molecule has 21 heavy (non-hydrogen) atoms. The van der Waals surface area contributed by atoms with Crippen LogP contribution in [0.5, 0.6) is 0 Å². The molecule has 0 spiro atoms. The van der Waals surface area contributed by atoms with E-state index in [1.54, 1.807) is 0 Å². The maximum absolute atomic E-state index is 11.9. The van der Waals surface area contributed by atoms with E-state index in [0.29, 0.717) is 5.92 Å². The van der Waals surface area contributed by atoms with Gasteiger partial charge in [0.15, 0.2) is 0 Å². The first-order valence-corrected chi connectivity index (χ1v) is 8.10. The van der Waals surface area contributed by atoms with E-state index in [0.717, 1.165) is 19.3 Å². The molecule has 3 rings (SSSR count). The van der Waals surface area contributed by atoms with Gasteiger partial charge < -0.3 is 5.73 Å². The Labute approximate surface area is 128 Å². The van der Waals surface area contributed by atoms with E-state index in [4.69, 9.17) is 5.73 Å². The molecule has 0 aromatic heterocycles. The fourth-order valence-corrected chi connectivity index (χ4v) is 5.67. The lowest BCUT2D eigenvalue weighted by molar-refractivity contribution is -0.135. The molecule has 1 aromatic rings. The number of amides is 1. The zero-order chi connectivity index (χ0) is 15.3. The summed E-state index contributed by atoms with van der Waals surface area (Å²) in [6, 6.07) is 10.9. The molecule has 0 radical (unpaired) electrons. The van der Waals surface area contributed by atoms with E-state index in [2.05, 4.69) is 51.1 Å². The summed E-state index contributed by atoms with van der Waals surface area (Å²) in [5.41, 5.74) is 7.31. The molecule has 2 aliphatic carbocycles. The second-order valence-corrected chi connectivity index (χ2v) is 8.49. The van der Waals surface area contributed by atoms with E-state index in [-0.39, 0.29) is 22.2 Å². The monoisotopic (exact) mass is 285 g/mol. The maximum Gasteiger partial charge on any atom is 0.223 e. The van der Waals surface area contributed by atoms with Gasteiger partial charge in [-0.1, -0.05) is 51.1 Å². The second-order valence-electron chi connectivity index (χ2n) is 8.49. The topological polar surface area (TPSA) is 43.1 Å². The number of nitrogens with two attached hydrogens (primary N) is 1. The minimum absolute atomic E-state index is 0.110. The normalized spacial score (nSPS) is 42.5. The molecule has 2 saturated carbocycles. The van der Waals surface area contributed by atoms with Gasteiger partial charge in [0.1, 0.15) is 0 Å². The van der Waals surface area contributed by atoms with Crippen molar-refractivity contribution in [1.29, 1.82) is 0 Å². The number of carbonyl (C=O) groups excluding carboxylic acids is 1. The van der Waals surface area contributed by atoms with Crippen molar-refractivity contribution in [2.45, 2.75) is 58.3 Å². The molecule has 2 heteroatoms. The Bertz CT molecular complexity index is 554. The van der Waals surface area contributed by atoms with Gasteiger partial charge in [0.25, 0.3) is 0 Å². The molecular formula is C19H27NO. The second kappa shape index (κ2) is 4.59. The van der Waals surface area contributed by atoms with Gasteiger partial charge in [0.05, 0.1) is 0 Å². The van der Waals surface area contributed by atoms with Gasteiger partial charge in [-0.05, 0) is 54.4 Å². The van der Waals surface area contributed by atoms with Crippen LogP contribution < -0.4 is 5.73 Å². The standard InChI is InChI=1S/C19H27NO/c1-17-9-14(11-19(3,13-17)16(20)21)10-18(2,12-17)15-7-5-4-6-8-15/h4-8,14H,9-13H2,1-3H3,(H2,20,21)/t14?,17?,18-,19?/m0/s1. The van der Waals surface area contributed by atoms with Crippen LogP contribution in [0, 0.1) is 16.7 Å². The van der Waals surface area contributed by atoms with Crippen LogP contribution in [0.15, 0.2) is 30.3 Å². The first kappa shape index (κ1) is 14.6. The molecular weight excluding hydrogens is 258 g/mol. The number of fused-ring (bicyclic) bond motifs is 2. The number of hydrogen-bond donors (Lipinski definition) is 1. The summed E-state index contributed by atoms with van der Waals surface area (Å²) in [6.07, 6.45) is 5.48. The lowest BCUT2D eigenvalue weighted by Crippen LogP contribution is -2.51. The number of hydrogen-bond acceptors (Lipinski definition) is 1. The summed E-state index contributed by atoms with van der Waals surface area (Å²) in [5, 5.41) is 0. The van der Waals surface area contributed by atoms with Crippen molar-refractivity contribution in [2.24, 2.45) is 22.5 Å². The Morgan fingerprint density at radius 2 is 1.71 bits per heavy atom. The van der Waals surface area contributed by atoms with Gasteiger partial charge in [-0.25, -0.2) is 0 Å². The lowest BCUT2D eigenvalue weighted by atomic mass is 9.48. The molecule has 2 bridgehead atoms. The molecule has 0 aliphatic heterocycles. The van der Waals surface area contributed by atoms with Crippen molar-refractivity contribution < 1.29 is 4.79 Å². The predicted molar refractivity (Wildman–Crippen MR) is 85.8 cm³/mol. The van der Waals surface area contributed by atoms with Crippen molar-refractivity contribution in [2.75, 3.05) is 0 Å². The van der Waals surface area contributed by atoms with Crippen molar-refractivity contribution in [3.63, 3.8) is 0 Å². The van der Waals surface area contributed by atoms with E-state index < -0.39 is 0 Å². The Morgan fingerprint density at radius 3 is 2.29 bits per heavy atom. The SMILES string of the molecule is CC12CC(CC(C)(C(N)=O)C1)C[C@](C)(c1ccccc1)C2. The fourth-order valence-electron chi connectivity index (χ4n) is 5.67. The van der Waals surface area contributed by atoms with E-state index >= 15 is 0 Å². The summed E-state index contributed by atoms with van der Waals surface area (Å²) in [5.74, 6) is 0.502. The van der Waals surface area contributed by atoms with Crippen molar-refractivity contribution in [1.82, 2.24) is 0 Å². The zero-order valence-electron chi connectivity index (χ0n) is 13.5. The highest BCUT2D eigenvalue weighted by atomic mass is 16.1. The molecule has 114 valence electrons. The highest BCUT2D eigenvalue weighted by molar-refractivity contribution is 5.80. The average Bonchev–Trinajstić information content (AvgIpc) is 2.36. The van der Waals surface area contributed by atoms with Crippen LogP contribution in [0.3, 0.4) is 0 Å². The molecule has 2 aliphatic rings. The van der Waals surface area contributed by atoms with Crippen LogP contribution in [-0.4, -0.2) is 5.91 Å². The number of primary amides is 1. The zero-order valence-corrected chi connectivity index (χ0v) is 13.5. The first-order chi connectivity index (χ1) is 9.75. The first-order valence-electron chi connectivity index (χ1n) is 8.10. The van der Waals surface area contributed by atoms with E-state index in [9.17, 15) is 4.79 Å². The Hall–Kier alpha value is -1.31. The lowest BCUT2D eigenvalue weighted by Gasteiger charge is -2.56. The summed E-state index contributed by atoms with van der Waals surface area (Å²) in [7, 11) is 0. The minimum Gasteiger partial charge on any atom is -0.369 e. The van der Waals surface area contributed by atoms with Crippen molar-refractivity contribution in [3.05, 3.63) is 35.9 Å². The summed E-state index contributed by atoms with van der Waals surface area (Å²) in [4.78, 5) is 11.9. The van der Waals surface area contributed by atoms with Gasteiger partial charge in [-0.2, -0.15) is 0 Å². The van der Waals surface area contributed by atoms with Crippen LogP contribution in [0.4, 0.5) is 0 Å². The molecule has 2 fully saturated rings. The quantitative estimate of drug-likeness (QED) is 0.875. The summed E-state index contributed by atoms with van der Waals surface area (Å²) < 4.78 is 0. The van der Waals surface area contributed by atoms with Crippen molar-refractivity contribution in [3.8, 4) is 0 Å². The molecule has 0 saturated heterocycles. The molecule has 1 amide bonds. The van der Waals surface area contributed by atoms with Crippen LogP contribution in [0.25, 0.3) is 0 Å². The fraction of sp³-hybridized carbons (Fsp3) is 0.632. The minimum atomic E-state index is -0.310. The molecule has 0 heterocycles. The maximum atomic E-state index is 11.9. The van der Waals surface area contributed by atoms with Crippen LogP contribution in [-0.2, 0) is 10.2 Å². The third-order valence-electron chi connectivity index (χ3n) is 5.96. The molecule has 1 aromatic carbocycles. The largest absolute Gasteiger partial charge is 0.369 e.